The van der Waals surface area contributed by atoms with Crippen molar-refractivity contribution in [1.82, 2.24) is 4.72 Å². The van der Waals surface area contributed by atoms with Crippen LogP contribution in [0.2, 0.25) is 0 Å². The number of carboxylic acid groups (broad SMARTS) is 1. The molecule has 20 heavy (non-hydrogen) atoms. The number of anilines is 1. The summed E-state index contributed by atoms with van der Waals surface area (Å²) in [6.07, 6.45) is 2.08. The van der Waals surface area contributed by atoms with Gasteiger partial charge in [-0.25, -0.2) is 17.9 Å². The predicted molar refractivity (Wildman–Crippen MR) is 77.3 cm³/mol. The van der Waals surface area contributed by atoms with Crippen LogP contribution in [-0.2, 0) is 14.8 Å². The molecule has 0 aliphatic carbocycles. The summed E-state index contributed by atoms with van der Waals surface area (Å²) in [6, 6.07) is 5.45. The summed E-state index contributed by atoms with van der Waals surface area (Å²) >= 11 is 0. The number of carboxylic acids is 1. The minimum absolute atomic E-state index is 0.0465. The minimum atomic E-state index is -3.63. The van der Waals surface area contributed by atoms with Crippen molar-refractivity contribution in [3.05, 3.63) is 24.3 Å². The van der Waals surface area contributed by atoms with Crippen LogP contribution in [0.4, 0.5) is 5.69 Å². The number of nitrogens with one attached hydrogen (secondary N) is 2. The Labute approximate surface area is 119 Å². The molecule has 0 amide bonds. The van der Waals surface area contributed by atoms with E-state index in [1.54, 1.807) is 18.2 Å². The zero-order valence-electron chi connectivity index (χ0n) is 11.6. The van der Waals surface area contributed by atoms with Crippen molar-refractivity contribution in [2.75, 3.05) is 12.4 Å². The quantitative estimate of drug-likeness (QED) is 0.678. The molecule has 0 aromatic heterocycles. The van der Waals surface area contributed by atoms with Crippen LogP contribution in [0.5, 0.6) is 0 Å². The smallest absolute Gasteiger partial charge is 0.326 e. The molecule has 0 heterocycles. The van der Waals surface area contributed by atoms with E-state index < -0.39 is 22.0 Å². The lowest BCUT2D eigenvalue weighted by molar-refractivity contribution is -0.138. The zero-order valence-corrected chi connectivity index (χ0v) is 12.4. The first-order valence-corrected chi connectivity index (χ1v) is 7.92. The highest BCUT2D eigenvalue weighted by Crippen LogP contribution is 2.22. The average molecular weight is 300 g/mol. The van der Waals surface area contributed by atoms with Gasteiger partial charge in [0.05, 0.1) is 5.69 Å². The molecule has 0 spiro atoms. The third kappa shape index (κ3) is 4.21. The second kappa shape index (κ2) is 7.25. The second-order valence-corrected chi connectivity index (χ2v) is 6.24. The van der Waals surface area contributed by atoms with Crippen LogP contribution in [-0.4, -0.2) is 32.6 Å². The van der Waals surface area contributed by atoms with Crippen molar-refractivity contribution in [2.45, 2.75) is 37.1 Å². The highest BCUT2D eigenvalue weighted by molar-refractivity contribution is 7.89. The van der Waals surface area contributed by atoms with Gasteiger partial charge in [0.25, 0.3) is 0 Å². The molecular weight excluding hydrogens is 280 g/mol. The van der Waals surface area contributed by atoms with Gasteiger partial charge in [0.1, 0.15) is 10.9 Å². The fourth-order valence-electron chi connectivity index (χ4n) is 1.78. The molecule has 0 bridgehead atoms. The van der Waals surface area contributed by atoms with E-state index in [-0.39, 0.29) is 4.90 Å². The second-order valence-electron chi connectivity index (χ2n) is 4.38. The molecule has 0 aliphatic rings. The predicted octanol–water partition coefficient (Wildman–Crippen LogP) is 1.65. The normalized spacial score (nSPS) is 12.9. The summed E-state index contributed by atoms with van der Waals surface area (Å²) in [5.74, 6) is -0.991. The van der Waals surface area contributed by atoms with Gasteiger partial charge in [-0.3, -0.25) is 0 Å². The van der Waals surface area contributed by atoms with Crippen molar-refractivity contribution in [3.63, 3.8) is 0 Å². The van der Waals surface area contributed by atoms with Crippen molar-refractivity contribution in [3.8, 4) is 0 Å². The van der Waals surface area contributed by atoms with Gasteiger partial charge in [-0.2, -0.15) is 0 Å². The molecule has 1 aromatic carbocycles. The SMILES string of the molecule is CCCCC(Nc1ccccc1S(=O)(=O)NC)C(=O)O. The number of unbranched alkanes of at least 4 members (excludes halogenated alkanes) is 1. The van der Waals surface area contributed by atoms with Gasteiger partial charge in [-0.15, -0.1) is 0 Å². The topological polar surface area (TPSA) is 95.5 Å². The molecule has 0 saturated heterocycles. The fraction of sp³-hybridized carbons (Fsp3) is 0.462. The highest BCUT2D eigenvalue weighted by Gasteiger charge is 2.21. The molecule has 0 radical (unpaired) electrons. The van der Waals surface area contributed by atoms with Gasteiger partial charge in [0, 0.05) is 0 Å². The van der Waals surface area contributed by atoms with E-state index in [2.05, 4.69) is 10.0 Å². The summed E-state index contributed by atoms with van der Waals surface area (Å²) in [6.45, 7) is 1.97. The molecule has 112 valence electrons. The van der Waals surface area contributed by atoms with Crippen LogP contribution in [0.1, 0.15) is 26.2 Å². The van der Waals surface area contributed by atoms with E-state index in [0.717, 1.165) is 12.8 Å². The van der Waals surface area contributed by atoms with E-state index in [0.29, 0.717) is 12.1 Å². The summed E-state index contributed by atoms with van der Waals surface area (Å²) in [4.78, 5) is 11.3. The number of rotatable bonds is 8. The molecule has 1 rings (SSSR count). The number of hydrogen-bond acceptors (Lipinski definition) is 4. The molecule has 1 aromatic rings. The Morgan fingerprint density at radius 3 is 2.55 bits per heavy atom. The number of para-hydroxylation sites is 1. The maximum Gasteiger partial charge on any atom is 0.326 e. The van der Waals surface area contributed by atoms with Crippen molar-refractivity contribution < 1.29 is 18.3 Å². The lowest BCUT2D eigenvalue weighted by atomic mass is 10.1. The number of benzene rings is 1. The lowest BCUT2D eigenvalue weighted by Gasteiger charge is -2.18. The Hall–Kier alpha value is -1.60. The average Bonchev–Trinajstić information content (AvgIpc) is 2.43. The Kier molecular flexibility index (Phi) is 5.97. The van der Waals surface area contributed by atoms with Gasteiger partial charge < -0.3 is 10.4 Å². The van der Waals surface area contributed by atoms with Crippen molar-refractivity contribution in [1.29, 1.82) is 0 Å². The molecule has 1 unspecified atom stereocenters. The number of hydrogen-bond donors (Lipinski definition) is 3. The van der Waals surface area contributed by atoms with Crippen molar-refractivity contribution in [2.24, 2.45) is 0 Å². The Morgan fingerprint density at radius 2 is 2.00 bits per heavy atom. The molecule has 0 saturated carbocycles. The van der Waals surface area contributed by atoms with E-state index in [4.69, 9.17) is 0 Å². The summed E-state index contributed by atoms with van der Waals surface area (Å²) < 4.78 is 26.0. The minimum Gasteiger partial charge on any atom is -0.480 e. The maximum absolute atomic E-state index is 11.9. The fourth-order valence-corrected chi connectivity index (χ4v) is 2.68. The standard InChI is InChI=1S/C13H20N2O4S/c1-3-4-7-11(13(16)17)15-10-8-5-6-9-12(10)20(18,19)14-2/h5-6,8-9,11,14-15H,3-4,7H2,1-2H3,(H,16,17). The first-order valence-electron chi connectivity index (χ1n) is 6.44. The summed E-state index contributed by atoms with van der Waals surface area (Å²) in [7, 11) is -2.31. The van der Waals surface area contributed by atoms with Crippen LogP contribution in [0, 0.1) is 0 Å². The van der Waals surface area contributed by atoms with Crippen molar-refractivity contribution >= 4 is 21.7 Å². The molecule has 0 aliphatic heterocycles. The number of carbonyl (C=O) groups is 1. The Morgan fingerprint density at radius 1 is 1.35 bits per heavy atom. The van der Waals surface area contributed by atoms with Gasteiger partial charge >= 0.3 is 5.97 Å². The molecule has 0 fully saturated rings. The third-order valence-electron chi connectivity index (χ3n) is 2.92. The number of sulfonamides is 1. The summed E-state index contributed by atoms with van der Waals surface area (Å²) in [5, 5.41) is 12.0. The van der Waals surface area contributed by atoms with Crippen LogP contribution in [0.15, 0.2) is 29.2 Å². The maximum atomic E-state index is 11.9. The molecule has 6 nitrogen and oxygen atoms in total. The lowest BCUT2D eigenvalue weighted by Crippen LogP contribution is -2.30. The largest absolute Gasteiger partial charge is 0.480 e. The van der Waals surface area contributed by atoms with Gasteiger partial charge in [-0.1, -0.05) is 31.9 Å². The van der Waals surface area contributed by atoms with E-state index >= 15 is 0 Å². The van der Waals surface area contributed by atoms with Gasteiger partial charge in [0.15, 0.2) is 0 Å². The monoisotopic (exact) mass is 300 g/mol. The first kappa shape index (κ1) is 16.5. The van der Waals surface area contributed by atoms with Crippen LogP contribution >= 0.6 is 0 Å². The first-order chi connectivity index (χ1) is 9.42. The molecule has 7 heteroatoms. The van der Waals surface area contributed by atoms with Crippen LogP contribution in [0.25, 0.3) is 0 Å². The Balaban J connectivity index is 3.05. The van der Waals surface area contributed by atoms with Crippen LogP contribution < -0.4 is 10.0 Å². The molecule has 3 N–H and O–H groups in total. The number of aliphatic carboxylic acids is 1. The van der Waals surface area contributed by atoms with E-state index in [9.17, 15) is 18.3 Å². The zero-order chi connectivity index (χ0) is 15.2. The highest BCUT2D eigenvalue weighted by atomic mass is 32.2. The molecular formula is C13H20N2O4S. The van der Waals surface area contributed by atoms with Gasteiger partial charge in [0.2, 0.25) is 10.0 Å². The van der Waals surface area contributed by atoms with E-state index in [1.165, 1.54) is 13.1 Å². The van der Waals surface area contributed by atoms with E-state index in [1.807, 2.05) is 6.92 Å². The Bertz CT molecular complexity index is 557. The molecule has 1 atom stereocenters. The summed E-state index contributed by atoms with van der Waals surface area (Å²) in [5.41, 5.74) is 0.297. The third-order valence-corrected chi connectivity index (χ3v) is 4.39. The van der Waals surface area contributed by atoms with Crippen LogP contribution in [0.3, 0.4) is 0 Å². The van der Waals surface area contributed by atoms with Gasteiger partial charge in [-0.05, 0) is 25.6 Å².